The first-order chi connectivity index (χ1) is 18.7. The topological polar surface area (TPSA) is 96.3 Å². The summed E-state index contributed by atoms with van der Waals surface area (Å²) in [7, 11) is 0. The van der Waals surface area contributed by atoms with E-state index in [-0.39, 0.29) is 23.9 Å². The van der Waals surface area contributed by atoms with E-state index in [9.17, 15) is 9.65 Å². The number of benzene rings is 3. The molecule has 2 N–H and O–H groups in total. The maximum Gasteiger partial charge on any atom is 0.313 e. The number of halogens is 2. The van der Waals surface area contributed by atoms with E-state index in [2.05, 4.69) is 26.0 Å². The third-order valence-electron chi connectivity index (χ3n) is 7.15. The summed E-state index contributed by atoms with van der Waals surface area (Å²) in [4.78, 5) is 5.70. The molecule has 0 bridgehead atoms. The van der Waals surface area contributed by atoms with Gasteiger partial charge in [0.25, 0.3) is 0 Å². The highest BCUT2D eigenvalue weighted by atomic mass is 19.1. The van der Waals surface area contributed by atoms with Gasteiger partial charge in [0.05, 0.1) is 24.2 Å². The minimum atomic E-state index is -1.65. The molecule has 1 saturated heterocycles. The Bertz CT molecular complexity index is 1570. The standard InChI is InChI=1S/C30H26F2N6O/c1-30(2,32)26(21-12-22(14-24(31)13-21)28-36-37-29(34)39-28)23-16-38(17-23)27(19-7-9-25(35-3)10-8-19)20-6-4-5-18(11-20)15-33/h4-14,23,26-27H,16-17H2,1-2H3,(H2,34,37)/t26-,27?/m1/s1. The Morgan fingerprint density at radius 2 is 1.82 bits per heavy atom. The second-order valence-corrected chi connectivity index (χ2v) is 10.3. The summed E-state index contributed by atoms with van der Waals surface area (Å²) in [6.07, 6.45) is 0. The average Bonchev–Trinajstić information content (AvgIpc) is 3.33. The number of nitrogens with two attached hydrogens (primary N) is 1. The number of nitriles is 1. The maximum absolute atomic E-state index is 15.8. The van der Waals surface area contributed by atoms with E-state index >= 15 is 4.39 Å². The minimum Gasteiger partial charge on any atom is -0.404 e. The summed E-state index contributed by atoms with van der Waals surface area (Å²) in [6, 6.07) is 20.9. The summed E-state index contributed by atoms with van der Waals surface area (Å²) < 4.78 is 35.8. The summed E-state index contributed by atoms with van der Waals surface area (Å²) in [5.41, 5.74) is 7.71. The Morgan fingerprint density at radius 1 is 1.08 bits per heavy atom. The van der Waals surface area contributed by atoms with Gasteiger partial charge in [-0.15, -0.1) is 5.10 Å². The number of nitrogen functional groups attached to an aromatic ring is 1. The fourth-order valence-electron chi connectivity index (χ4n) is 5.59. The number of anilines is 1. The van der Waals surface area contributed by atoms with Gasteiger partial charge in [0.1, 0.15) is 11.5 Å². The van der Waals surface area contributed by atoms with Gasteiger partial charge in [0.15, 0.2) is 5.69 Å². The average molecular weight is 525 g/mol. The molecule has 0 aliphatic carbocycles. The van der Waals surface area contributed by atoms with Gasteiger partial charge in [-0.1, -0.05) is 41.5 Å². The van der Waals surface area contributed by atoms with E-state index in [1.54, 1.807) is 24.3 Å². The van der Waals surface area contributed by atoms with E-state index in [1.807, 2.05) is 30.3 Å². The highest BCUT2D eigenvalue weighted by Gasteiger charge is 2.45. The van der Waals surface area contributed by atoms with Gasteiger partial charge in [-0.05, 0) is 66.8 Å². The lowest BCUT2D eigenvalue weighted by Crippen LogP contribution is -2.53. The number of hydrogen-bond acceptors (Lipinski definition) is 6. The third kappa shape index (κ3) is 5.36. The van der Waals surface area contributed by atoms with Crippen molar-refractivity contribution in [2.75, 3.05) is 18.8 Å². The molecule has 1 unspecified atom stereocenters. The first-order valence-corrected chi connectivity index (χ1v) is 12.5. The number of nitrogens with zero attached hydrogens (tertiary/aromatic N) is 5. The molecule has 4 aromatic rings. The zero-order chi connectivity index (χ0) is 27.7. The van der Waals surface area contributed by atoms with Crippen LogP contribution in [0.3, 0.4) is 0 Å². The fraction of sp³-hybridized carbons (Fsp3) is 0.267. The highest BCUT2D eigenvalue weighted by Crippen LogP contribution is 2.46. The summed E-state index contributed by atoms with van der Waals surface area (Å²) in [5, 5.41) is 16.9. The summed E-state index contributed by atoms with van der Waals surface area (Å²) in [5.74, 6) is -1.19. The largest absolute Gasteiger partial charge is 0.404 e. The van der Waals surface area contributed by atoms with Crippen molar-refractivity contribution in [1.29, 1.82) is 5.26 Å². The smallest absolute Gasteiger partial charge is 0.313 e. The normalized spacial score (nSPS) is 15.6. The van der Waals surface area contributed by atoms with E-state index in [1.165, 1.54) is 26.0 Å². The lowest BCUT2D eigenvalue weighted by molar-refractivity contribution is 0.00814. The Morgan fingerprint density at radius 3 is 2.44 bits per heavy atom. The fourth-order valence-corrected chi connectivity index (χ4v) is 5.59. The predicted octanol–water partition coefficient (Wildman–Crippen LogP) is 6.43. The number of alkyl halides is 1. The second-order valence-electron chi connectivity index (χ2n) is 10.3. The van der Waals surface area contributed by atoms with Crippen LogP contribution in [0.2, 0.25) is 0 Å². The molecule has 0 saturated carbocycles. The van der Waals surface area contributed by atoms with Crippen molar-refractivity contribution < 1.29 is 13.2 Å². The molecule has 0 amide bonds. The molecule has 0 spiro atoms. The molecular formula is C30H26F2N6O. The molecule has 196 valence electrons. The first kappa shape index (κ1) is 26.0. The predicted molar refractivity (Wildman–Crippen MR) is 143 cm³/mol. The molecule has 2 atom stereocenters. The Labute approximate surface area is 225 Å². The van der Waals surface area contributed by atoms with Gasteiger partial charge in [-0.3, -0.25) is 4.90 Å². The molecule has 1 aromatic heterocycles. The van der Waals surface area contributed by atoms with Crippen LogP contribution >= 0.6 is 0 Å². The van der Waals surface area contributed by atoms with E-state index in [0.717, 1.165) is 11.1 Å². The summed E-state index contributed by atoms with van der Waals surface area (Å²) >= 11 is 0. The van der Waals surface area contributed by atoms with Crippen LogP contribution < -0.4 is 5.73 Å². The van der Waals surface area contributed by atoms with Crippen molar-refractivity contribution in [2.45, 2.75) is 31.5 Å². The quantitative estimate of drug-likeness (QED) is 0.280. The first-order valence-electron chi connectivity index (χ1n) is 12.5. The zero-order valence-corrected chi connectivity index (χ0v) is 21.5. The van der Waals surface area contributed by atoms with Crippen LogP contribution in [-0.2, 0) is 0 Å². The minimum absolute atomic E-state index is 0.0687. The van der Waals surface area contributed by atoms with Gasteiger partial charge >= 0.3 is 6.01 Å². The number of hydrogen-bond donors (Lipinski definition) is 1. The van der Waals surface area contributed by atoms with Crippen LogP contribution in [0.4, 0.5) is 20.5 Å². The molecule has 39 heavy (non-hydrogen) atoms. The van der Waals surface area contributed by atoms with Crippen molar-refractivity contribution in [2.24, 2.45) is 5.92 Å². The van der Waals surface area contributed by atoms with Crippen LogP contribution in [0.5, 0.6) is 0 Å². The van der Waals surface area contributed by atoms with Gasteiger partial charge in [-0.2, -0.15) is 5.26 Å². The summed E-state index contributed by atoms with van der Waals surface area (Å²) in [6.45, 7) is 11.4. The number of likely N-dealkylation sites (tertiary alicyclic amines) is 1. The lowest BCUT2D eigenvalue weighted by Gasteiger charge is -2.50. The van der Waals surface area contributed by atoms with Crippen LogP contribution in [0, 0.1) is 29.6 Å². The molecular weight excluding hydrogens is 498 g/mol. The van der Waals surface area contributed by atoms with Crippen molar-refractivity contribution in [3.63, 3.8) is 0 Å². The Balaban J connectivity index is 1.47. The molecule has 1 aliphatic rings. The second kappa shape index (κ2) is 10.3. The SMILES string of the molecule is [C-]#[N+]c1ccc(C(c2cccc(C#N)c2)N2CC([C@@H](c3cc(F)cc(-c4nnc(N)o4)c3)C(C)(C)F)C2)cc1. The lowest BCUT2D eigenvalue weighted by atomic mass is 9.72. The van der Waals surface area contributed by atoms with Crippen LogP contribution in [0.15, 0.2) is 71.1 Å². The molecule has 1 aliphatic heterocycles. The number of rotatable bonds is 7. The van der Waals surface area contributed by atoms with E-state index < -0.39 is 17.4 Å². The van der Waals surface area contributed by atoms with Crippen molar-refractivity contribution in [1.82, 2.24) is 15.1 Å². The maximum atomic E-state index is 15.8. The zero-order valence-electron chi connectivity index (χ0n) is 21.5. The molecule has 0 radical (unpaired) electrons. The van der Waals surface area contributed by atoms with E-state index in [4.69, 9.17) is 16.7 Å². The van der Waals surface area contributed by atoms with Crippen molar-refractivity contribution in [3.8, 4) is 17.5 Å². The van der Waals surface area contributed by atoms with Crippen molar-refractivity contribution >= 4 is 11.7 Å². The molecule has 1 fully saturated rings. The Hall–Kier alpha value is -4.60. The van der Waals surface area contributed by atoms with Crippen LogP contribution in [0.1, 0.15) is 48.1 Å². The van der Waals surface area contributed by atoms with Gasteiger partial charge in [0, 0.05) is 24.6 Å². The molecule has 5 rings (SSSR count). The Kier molecular flexibility index (Phi) is 6.86. The molecule has 2 heterocycles. The molecule has 7 nitrogen and oxygen atoms in total. The highest BCUT2D eigenvalue weighted by molar-refractivity contribution is 5.56. The molecule has 3 aromatic carbocycles. The third-order valence-corrected chi connectivity index (χ3v) is 7.15. The van der Waals surface area contributed by atoms with Gasteiger partial charge in [0.2, 0.25) is 5.89 Å². The van der Waals surface area contributed by atoms with E-state index in [0.29, 0.717) is 35.5 Å². The van der Waals surface area contributed by atoms with Gasteiger partial charge < -0.3 is 10.2 Å². The molecule has 9 heteroatoms. The van der Waals surface area contributed by atoms with Crippen molar-refractivity contribution in [3.05, 3.63) is 106 Å². The van der Waals surface area contributed by atoms with Crippen LogP contribution in [0.25, 0.3) is 16.3 Å². The van der Waals surface area contributed by atoms with Crippen LogP contribution in [-0.4, -0.2) is 33.9 Å². The van der Waals surface area contributed by atoms with Gasteiger partial charge in [-0.25, -0.2) is 13.6 Å². The monoisotopic (exact) mass is 524 g/mol. The number of aromatic nitrogens is 2.